The van der Waals surface area contributed by atoms with E-state index in [2.05, 4.69) is 15.3 Å². The quantitative estimate of drug-likeness (QED) is 0.574. The highest BCUT2D eigenvalue weighted by molar-refractivity contribution is 5.62. The second kappa shape index (κ2) is 5.90. The molecule has 1 amide bonds. The third kappa shape index (κ3) is 4.54. The number of hydrogen-bond acceptors (Lipinski definition) is 4. The first-order valence-electron chi connectivity index (χ1n) is 3.25. The van der Waals surface area contributed by atoms with Crippen LogP contribution in [0, 0.1) is 0 Å². The second-order valence-electron chi connectivity index (χ2n) is 1.52. The van der Waals surface area contributed by atoms with Crippen molar-refractivity contribution in [2.24, 2.45) is 0 Å². The molecule has 0 saturated carbocycles. The molecule has 0 saturated heterocycles. The number of hydrazine groups is 1. The van der Waals surface area contributed by atoms with Gasteiger partial charge in [-0.3, -0.25) is 9.68 Å². The van der Waals surface area contributed by atoms with Crippen molar-refractivity contribution in [3.05, 3.63) is 0 Å². The van der Waals surface area contributed by atoms with Gasteiger partial charge in [-0.05, 0) is 13.8 Å². The van der Waals surface area contributed by atoms with Crippen LogP contribution in [0.4, 0.5) is 4.79 Å². The zero-order chi connectivity index (χ0) is 8.69. The molecule has 0 rings (SSSR count). The molecule has 0 aromatic rings. The molecule has 0 unspecified atom stereocenters. The van der Waals surface area contributed by atoms with Gasteiger partial charge in [-0.1, -0.05) is 10.8 Å². The minimum atomic E-state index is -1.25. The van der Waals surface area contributed by atoms with Gasteiger partial charge in [0.15, 0.2) is 0 Å². The Morgan fingerprint density at radius 1 is 1.55 bits per heavy atom. The third-order valence-electron chi connectivity index (χ3n) is 0.724. The number of rotatable bonds is 5. The summed E-state index contributed by atoms with van der Waals surface area (Å²) in [5.74, 6) is 0. The molecule has 0 atom stereocenters. The Balaban J connectivity index is 3.60. The summed E-state index contributed by atoms with van der Waals surface area (Å²) in [6, 6.07) is 0. The molecule has 0 aliphatic heterocycles. The van der Waals surface area contributed by atoms with Gasteiger partial charge in [0.25, 0.3) is 0 Å². The summed E-state index contributed by atoms with van der Waals surface area (Å²) >= 11 is 0. The molecule has 0 radical (unpaired) electrons. The highest BCUT2D eigenvalue weighted by atomic mass is 16.8. The summed E-state index contributed by atoms with van der Waals surface area (Å²) in [5.41, 5.74) is 2.08. The molecule has 0 aliphatic carbocycles. The Hall–Kier alpha value is -0.850. The summed E-state index contributed by atoms with van der Waals surface area (Å²) in [7, 11) is 0. The van der Waals surface area contributed by atoms with Crippen LogP contribution in [0.2, 0.25) is 0 Å². The molecule has 0 bridgehead atoms. The van der Waals surface area contributed by atoms with Crippen LogP contribution in [0.5, 0.6) is 0 Å². The zero-order valence-electron chi connectivity index (χ0n) is 6.53. The average Bonchev–Trinajstić information content (AvgIpc) is 1.97. The summed E-state index contributed by atoms with van der Waals surface area (Å²) < 4.78 is 0. The number of carboxylic acid groups (broad SMARTS) is 1. The van der Waals surface area contributed by atoms with Crippen molar-refractivity contribution in [3.63, 3.8) is 0 Å². The van der Waals surface area contributed by atoms with Crippen molar-refractivity contribution in [2.75, 3.05) is 13.2 Å². The summed E-state index contributed by atoms with van der Waals surface area (Å²) in [5, 5.41) is 8.89. The third-order valence-corrected chi connectivity index (χ3v) is 0.724. The van der Waals surface area contributed by atoms with Crippen LogP contribution in [0.1, 0.15) is 13.8 Å². The second-order valence-corrected chi connectivity index (χ2v) is 1.52. The predicted molar refractivity (Wildman–Crippen MR) is 36.3 cm³/mol. The van der Waals surface area contributed by atoms with Crippen LogP contribution in [0.15, 0.2) is 0 Å². The molecule has 6 heteroatoms. The normalized spacial score (nSPS) is 9.64. The van der Waals surface area contributed by atoms with E-state index < -0.39 is 6.09 Å². The molecular weight excluding hydrogens is 152 g/mol. The number of hydroxylamine groups is 1. The smallest absolute Gasteiger partial charge is 0.448 e. The molecule has 0 aliphatic rings. The van der Waals surface area contributed by atoms with Crippen molar-refractivity contribution in [1.29, 1.82) is 0 Å². The fraction of sp³-hybridized carbons (Fsp3) is 0.800. The molecule has 0 fully saturated rings. The van der Waals surface area contributed by atoms with Gasteiger partial charge in [0.1, 0.15) is 0 Å². The van der Waals surface area contributed by atoms with Crippen LogP contribution in [-0.4, -0.2) is 29.6 Å². The van der Waals surface area contributed by atoms with Gasteiger partial charge in [-0.2, -0.15) is 0 Å². The van der Waals surface area contributed by atoms with Crippen molar-refractivity contribution in [2.45, 2.75) is 13.8 Å². The van der Waals surface area contributed by atoms with Crippen molar-refractivity contribution < 1.29 is 19.6 Å². The van der Waals surface area contributed by atoms with Gasteiger partial charge in [-0.15, -0.1) is 0 Å². The van der Waals surface area contributed by atoms with Crippen molar-refractivity contribution in [1.82, 2.24) is 10.8 Å². The topological polar surface area (TPSA) is 71.0 Å². The number of carbonyl (C=O) groups is 1. The fourth-order valence-corrected chi connectivity index (χ4v) is 0.373. The van der Waals surface area contributed by atoms with Gasteiger partial charge in [0.2, 0.25) is 0 Å². The minimum Gasteiger partial charge on any atom is -0.462 e. The zero-order valence-corrected chi connectivity index (χ0v) is 6.53. The van der Waals surface area contributed by atoms with E-state index >= 15 is 0 Å². The first kappa shape index (κ1) is 10.2. The number of nitrogens with one attached hydrogen (secondary N) is 1. The highest BCUT2D eigenvalue weighted by Crippen LogP contribution is 1.85. The van der Waals surface area contributed by atoms with E-state index in [1.807, 2.05) is 0 Å². The maximum atomic E-state index is 10.3. The standard InChI is InChI=1S/C5H12N2O4/c1-3-10-6-7(5(8)9)11-4-2/h6H,3-4H2,1-2H3,(H,8,9). The number of hydrogen-bond donors (Lipinski definition) is 2. The van der Waals surface area contributed by atoms with E-state index in [1.165, 1.54) is 0 Å². The molecule has 2 N–H and O–H groups in total. The molecule has 11 heavy (non-hydrogen) atoms. The van der Waals surface area contributed by atoms with Crippen LogP contribution < -0.4 is 5.59 Å². The largest absolute Gasteiger partial charge is 0.462 e. The summed E-state index contributed by atoms with van der Waals surface area (Å²) in [4.78, 5) is 19.4. The Labute approximate surface area is 64.6 Å². The van der Waals surface area contributed by atoms with Gasteiger partial charge < -0.3 is 5.11 Å². The van der Waals surface area contributed by atoms with E-state index in [0.29, 0.717) is 11.8 Å². The maximum Gasteiger partial charge on any atom is 0.448 e. The van der Waals surface area contributed by atoms with Crippen LogP contribution >= 0.6 is 0 Å². The first-order chi connectivity index (χ1) is 5.22. The fourth-order valence-electron chi connectivity index (χ4n) is 0.373. The molecule has 6 nitrogen and oxygen atoms in total. The lowest BCUT2D eigenvalue weighted by Gasteiger charge is -2.16. The maximum absolute atomic E-state index is 10.3. The van der Waals surface area contributed by atoms with Crippen LogP contribution in [0.25, 0.3) is 0 Å². The molecule has 0 spiro atoms. The molecule has 0 aromatic heterocycles. The lowest BCUT2D eigenvalue weighted by Crippen LogP contribution is -2.41. The minimum absolute atomic E-state index is 0.256. The van der Waals surface area contributed by atoms with E-state index in [9.17, 15) is 4.79 Å². The highest BCUT2D eigenvalue weighted by Gasteiger charge is 2.10. The predicted octanol–water partition coefficient (Wildman–Crippen LogP) is 0.374. The van der Waals surface area contributed by atoms with Gasteiger partial charge >= 0.3 is 6.09 Å². The number of nitrogens with zero attached hydrogens (tertiary/aromatic N) is 1. The first-order valence-corrected chi connectivity index (χ1v) is 3.25. The van der Waals surface area contributed by atoms with Crippen LogP contribution in [-0.2, 0) is 9.68 Å². The molecule has 0 aromatic carbocycles. The van der Waals surface area contributed by atoms with Gasteiger partial charge in [0.05, 0.1) is 13.2 Å². The van der Waals surface area contributed by atoms with Crippen molar-refractivity contribution in [3.8, 4) is 0 Å². The van der Waals surface area contributed by atoms with Crippen molar-refractivity contribution >= 4 is 6.09 Å². The summed E-state index contributed by atoms with van der Waals surface area (Å²) in [6.45, 7) is 4.01. The monoisotopic (exact) mass is 164 g/mol. The SMILES string of the molecule is CCONN(OCC)C(=O)O. The number of amides is 1. The van der Waals surface area contributed by atoms with E-state index in [4.69, 9.17) is 5.11 Å². The van der Waals surface area contributed by atoms with Gasteiger partial charge in [0, 0.05) is 0 Å². The Kier molecular flexibility index (Phi) is 5.44. The molecule has 0 heterocycles. The summed E-state index contributed by atoms with van der Waals surface area (Å²) in [6.07, 6.45) is -1.25. The lowest BCUT2D eigenvalue weighted by atomic mass is 10.9. The Bertz CT molecular complexity index is 119. The lowest BCUT2D eigenvalue weighted by molar-refractivity contribution is -0.240. The van der Waals surface area contributed by atoms with E-state index in [-0.39, 0.29) is 6.61 Å². The Morgan fingerprint density at radius 2 is 2.18 bits per heavy atom. The van der Waals surface area contributed by atoms with Gasteiger partial charge in [-0.25, -0.2) is 4.79 Å². The Morgan fingerprint density at radius 3 is 2.55 bits per heavy atom. The average molecular weight is 164 g/mol. The van der Waals surface area contributed by atoms with E-state index in [1.54, 1.807) is 13.8 Å². The van der Waals surface area contributed by atoms with Crippen LogP contribution in [0.3, 0.4) is 0 Å². The van der Waals surface area contributed by atoms with E-state index in [0.717, 1.165) is 0 Å². The molecular formula is C5H12N2O4. The molecule has 66 valence electrons.